The molecule has 0 saturated carbocycles. The van der Waals surface area contributed by atoms with Crippen molar-refractivity contribution in [2.24, 2.45) is 0 Å². The molecule has 60 valence electrons. The van der Waals surface area contributed by atoms with E-state index in [4.69, 9.17) is 0 Å². The molecule has 1 aliphatic heterocycles. The summed E-state index contributed by atoms with van der Waals surface area (Å²) >= 11 is 1.25. The van der Waals surface area contributed by atoms with Crippen LogP contribution in [0.5, 0.6) is 0 Å². The van der Waals surface area contributed by atoms with Crippen molar-refractivity contribution in [1.29, 1.82) is 0 Å². The van der Waals surface area contributed by atoms with Crippen molar-refractivity contribution in [2.45, 2.75) is 19.0 Å². The SMILES string of the molecule is FC(F)(F)OC1CCSN1. The summed E-state index contributed by atoms with van der Waals surface area (Å²) < 4.78 is 40.5. The van der Waals surface area contributed by atoms with Gasteiger partial charge in [0.2, 0.25) is 0 Å². The van der Waals surface area contributed by atoms with Crippen molar-refractivity contribution in [3.05, 3.63) is 0 Å². The zero-order valence-electron chi connectivity index (χ0n) is 4.94. The Morgan fingerprint density at radius 1 is 1.50 bits per heavy atom. The van der Waals surface area contributed by atoms with Crippen LogP contribution in [0.1, 0.15) is 6.42 Å². The van der Waals surface area contributed by atoms with Crippen LogP contribution >= 0.6 is 11.9 Å². The Hall–Kier alpha value is 0.0600. The van der Waals surface area contributed by atoms with Crippen LogP contribution in [0, 0.1) is 0 Å². The standard InChI is InChI=1S/C4H6F3NOS/c5-4(6,7)9-3-1-2-10-8-3/h3,8H,1-2H2. The summed E-state index contributed by atoms with van der Waals surface area (Å²) in [6.07, 6.45) is -4.96. The number of nitrogens with one attached hydrogen (secondary N) is 1. The lowest BCUT2D eigenvalue weighted by molar-refractivity contribution is -0.343. The third-order valence-corrected chi connectivity index (χ3v) is 1.84. The maximum atomic E-state index is 11.4. The van der Waals surface area contributed by atoms with Gasteiger partial charge in [-0.05, 0) is 6.42 Å². The van der Waals surface area contributed by atoms with Crippen molar-refractivity contribution >= 4 is 11.9 Å². The molecule has 10 heavy (non-hydrogen) atoms. The normalized spacial score (nSPS) is 27.3. The van der Waals surface area contributed by atoms with E-state index < -0.39 is 12.6 Å². The Labute approximate surface area is 60.2 Å². The average Bonchev–Trinajstić information content (AvgIpc) is 2.12. The summed E-state index contributed by atoms with van der Waals surface area (Å²) in [5.74, 6) is 0.667. The van der Waals surface area contributed by atoms with Crippen LogP contribution < -0.4 is 4.72 Å². The van der Waals surface area contributed by atoms with E-state index >= 15 is 0 Å². The maximum absolute atomic E-state index is 11.4. The van der Waals surface area contributed by atoms with Crippen LogP contribution in [0.2, 0.25) is 0 Å². The fourth-order valence-corrected chi connectivity index (χ4v) is 1.42. The molecular weight excluding hydrogens is 167 g/mol. The largest absolute Gasteiger partial charge is 0.524 e. The predicted molar refractivity (Wildman–Crippen MR) is 31.1 cm³/mol. The molecule has 1 aliphatic rings. The summed E-state index contributed by atoms with van der Waals surface area (Å²) in [4.78, 5) is 0. The second-order valence-corrected chi connectivity index (χ2v) is 2.74. The van der Waals surface area contributed by atoms with Crippen LogP contribution in [0.25, 0.3) is 0 Å². The van der Waals surface area contributed by atoms with Gasteiger partial charge in [0, 0.05) is 5.75 Å². The maximum Gasteiger partial charge on any atom is 0.524 e. The van der Waals surface area contributed by atoms with E-state index in [1.54, 1.807) is 0 Å². The first-order valence-electron chi connectivity index (χ1n) is 2.70. The summed E-state index contributed by atoms with van der Waals surface area (Å²) in [7, 11) is 0. The van der Waals surface area contributed by atoms with Crippen molar-refractivity contribution in [3.63, 3.8) is 0 Å². The number of hydrogen-bond donors (Lipinski definition) is 1. The monoisotopic (exact) mass is 173 g/mol. The number of hydrogen-bond acceptors (Lipinski definition) is 3. The molecule has 0 aromatic heterocycles. The molecule has 6 heteroatoms. The highest BCUT2D eigenvalue weighted by atomic mass is 32.2. The molecule has 0 bridgehead atoms. The minimum Gasteiger partial charge on any atom is -0.272 e. The minimum atomic E-state index is -4.51. The van der Waals surface area contributed by atoms with Crippen LogP contribution in [0.3, 0.4) is 0 Å². The molecule has 0 aliphatic carbocycles. The molecule has 0 radical (unpaired) electrons. The predicted octanol–water partition coefficient (Wildman–Crippen LogP) is 1.49. The molecule has 2 nitrogen and oxygen atoms in total. The topological polar surface area (TPSA) is 21.3 Å². The molecular formula is C4H6F3NOS. The van der Waals surface area contributed by atoms with Gasteiger partial charge in [0.1, 0.15) is 6.23 Å². The van der Waals surface area contributed by atoms with Crippen LogP contribution in [-0.2, 0) is 4.74 Å². The van der Waals surface area contributed by atoms with E-state index in [9.17, 15) is 13.2 Å². The van der Waals surface area contributed by atoms with E-state index in [0.29, 0.717) is 12.2 Å². The van der Waals surface area contributed by atoms with Gasteiger partial charge in [0.25, 0.3) is 0 Å². The first-order chi connectivity index (χ1) is 4.58. The summed E-state index contributed by atoms with van der Waals surface area (Å²) in [5.41, 5.74) is 0. The lowest BCUT2D eigenvalue weighted by Crippen LogP contribution is -2.28. The van der Waals surface area contributed by atoms with E-state index in [1.165, 1.54) is 11.9 Å². The van der Waals surface area contributed by atoms with Gasteiger partial charge in [-0.15, -0.1) is 13.2 Å². The van der Waals surface area contributed by atoms with Crippen molar-refractivity contribution in [3.8, 4) is 0 Å². The molecule has 0 amide bonds. The van der Waals surface area contributed by atoms with Gasteiger partial charge in [-0.3, -0.25) is 4.74 Å². The Morgan fingerprint density at radius 3 is 2.60 bits per heavy atom. The Morgan fingerprint density at radius 2 is 2.20 bits per heavy atom. The van der Waals surface area contributed by atoms with Crippen molar-refractivity contribution < 1.29 is 17.9 Å². The van der Waals surface area contributed by atoms with Crippen LogP contribution in [0.4, 0.5) is 13.2 Å². The third kappa shape index (κ3) is 2.76. The molecule has 1 atom stereocenters. The Bertz CT molecular complexity index is 112. The molecule has 1 fully saturated rings. The lowest BCUT2D eigenvalue weighted by Gasteiger charge is -2.12. The molecule has 1 unspecified atom stereocenters. The van der Waals surface area contributed by atoms with Gasteiger partial charge < -0.3 is 0 Å². The zero-order valence-corrected chi connectivity index (χ0v) is 5.76. The second kappa shape index (κ2) is 2.98. The van der Waals surface area contributed by atoms with E-state index in [0.717, 1.165) is 0 Å². The van der Waals surface area contributed by atoms with Crippen LogP contribution in [0.15, 0.2) is 0 Å². The highest BCUT2D eigenvalue weighted by Crippen LogP contribution is 2.23. The van der Waals surface area contributed by atoms with Crippen LogP contribution in [-0.4, -0.2) is 18.3 Å². The minimum absolute atomic E-state index is 0.407. The molecule has 0 spiro atoms. The Kier molecular flexibility index (Phi) is 2.43. The van der Waals surface area contributed by atoms with Gasteiger partial charge in [-0.2, -0.15) is 0 Å². The van der Waals surface area contributed by atoms with E-state index in [-0.39, 0.29) is 0 Å². The van der Waals surface area contributed by atoms with E-state index in [1.807, 2.05) is 0 Å². The lowest BCUT2D eigenvalue weighted by atomic mass is 10.4. The van der Waals surface area contributed by atoms with Gasteiger partial charge in [-0.1, -0.05) is 11.9 Å². The molecule has 1 rings (SSSR count). The molecule has 1 heterocycles. The Balaban J connectivity index is 2.24. The molecule has 1 saturated heterocycles. The second-order valence-electron chi connectivity index (χ2n) is 1.81. The zero-order chi connectivity index (χ0) is 7.61. The fourth-order valence-electron chi connectivity index (χ4n) is 0.621. The quantitative estimate of drug-likeness (QED) is 0.607. The smallest absolute Gasteiger partial charge is 0.272 e. The third-order valence-electron chi connectivity index (χ3n) is 0.973. The highest BCUT2D eigenvalue weighted by molar-refractivity contribution is 7.97. The summed E-state index contributed by atoms with van der Waals surface area (Å²) in [5, 5.41) is 0. The summed E-state index contributed by atoms with van der Waals surface area (Å²) in [6, 6.07) is 0. The highest BCUT2D eigenvalue weighted by Gasteiger charge is 2.34. The van der Waals surface area contributed by atoms with Crippen molar-refractivity contribution in [1.82, 2.24) is 4.72 Å². The van der Waals surface area contributed by atoms with Gasteiger partial charge in [-0.25, -0.2) is 4.72 Å². The number of ether oxygens (including phenoxy) is 1. The number of alkyl halides is 3. The first-order valence-corrected chi connectivity index (χ1v) is 3.68. The van der Waals surface area contributed by atoms with Gasteiger partial charge in [0.15, 0.2) is 0 Å². The van der Waals surface area contributed by atoms with Gasteiger partial charge >= 0.3 is 6.36 Å². The average molecular weight is 173 g/mol. The van der Waals surface area contributed by atoms with Gasteiger partial charge in [0.05, 0.1) is 0 Å². The fraction of sp³-hybridized carbons (Fsp3) is 1.00. The van der Waals surface area contributed by atoms with Crippen molar-refractivity contribution in [2.75, 3.05) is 5.75 Å². The molecule has 1 N–H and O–H groups in total. The summed E-state index contributed by atoms with van der Waals surface area (Å²) in [6.45, 7) is 0. The van der Waals surface area contributed by atoms with E-state index in [2.05, 4.69) is 9.46 Å². The molecule has 0 aromatic rings. The first kappa shape index (κ1) is 8.16. The number of halogens is 3. The molecule has 0 aromatic carbocycles. The number of rotatable bonds is 1.